The number of nitro benzene ring substituents is 2. The van der Waals surface area contributed by atoms with E-state index in [-0.39, 0.29) is 16.5 Å². The highest BCUT2D eigenvalue weighted by molar-refractivity contribution is 6.32. The Morgan fingerprint density at radius 1 is 1.17 bits per heavy atom. The van der Waals surface area contributed by atoms with Crippen LogP contribution in [0, 0.1) is 20.2 Å². The molecule has 0 unspecified atom stereocenters. The standard InChI is InChI=1S/C13H9ClN4O5/c14-10-3-1-2-8(13(10)19)7-15-16-11-5-4-9(17(20)21)6-12(11)18(22)23/h1-7,16,19H. The molecule has 0 saturated carbocycles. The Morgan fingerprint density at radius 3 is 2.57 bits per heavy atom. The number of rotatable bonds is 5. The van der Waals surface area contributed by atoms with Crippen LogP contribution >= 0.6 is 11.6 Å². The molecule has 0 spiro atoms. The molecule has 2 N–H and O–H groups in total. The summed E-state index contributed by atoms with van der Waals surface area (Å²) in [6.45, 7) is 0. The second-order valence-corrected chi connectivity index (χ2v) is 4.67. The van der Waals surface area contributed by atoms with Crippen molar-refractivity contribution < 1.29 is 15.0 Å². The molecule has 2 rings (SSSR count). The lowest BCUT2D eigenvalue weighted by Crippen LogP contribution is -1.98. The van der Waals surface area contributed by atoms with Gasteiger partial charge in [0, 0.05) is 11.6 Å². The number of phenols is 1. The van der Waals surface area contributed by atoms with E-state index in [4.69, 9.17) is 11.6 Å². The van der Waals surface area contributed by atoms with Crippen LogP contribution in [-0.4, -0.2) is 21.2 Å². The molecule has 2 aromatic rings. The molecule has 118 valence electrons. The number of benzene rings is 2. The molecule has 2 aromatic carbocycles. The summed E-state index contributed by atoms with van der Waals surface area (Å²) in [5.41, 5.74) is 1.78. The summed E-state index contributed by atoms with van der Waals surface area (Å²) in [6.07, 6.45) is 1.21. The van der Waals surface area contributed by atoms with Crippen molar-refractivity contribution in [3.63, 3.8) is 0 Å². The highest BCUT2D eigenvalue weighted by atomic mass is 35.5. The number of hydrogen-bond acceptors (Lipinski definition) is 7. The molecule has 0 aliphatic heterocycles. The molecule has 0 aliphatic carbocycles. The summed E-state index contributed by atoms with van der Waals surface area (Å²) in [7, 11) is 0. The van der Waals surface area contributed by atoms with Gasteiger partial charge in [-0.2, -0.15) is 5.10 Å². The number of nitro groups is 2. The lowest BCUT2D eigenvalue weighted by atomic mass is 10.2. The third-order valence-electron chi connectivity index (χ3n) is 2.80. The van der Waals surface area contributed by atoms with Crippen LogP contribution in [0.15, 0.2) is 41.5 Å². The van der Waals surface area contributed by atoms with E-state index in [0.29, 0.717) is 5.56 Å². The highest BCUT2D eigenvalue weighted by Crippen LogP contribution is 2.29. The van der Waals surface area contributed by atoms with E-state index >= 15 is 0 Å². The zero-order valence-electron chi connectivity index (χ0n) is 11.3. The fourth-order valence-electron chi connectivity index (χ4n) is 1.69. The maximum Gasteiger partial charge on any atom is 0.301 e. The number of phenolic OH excluding ortho intramolecular Hbond substituents is 1. The van der Waals surface area contributed by atoms with Crippen molar-refractivity contribution in [2.45, 2.75) is 0 Å². The fraction of sp³-hybridized carbons (Fsp3) is 0. The summed E-state index contributed by atoms with van der Waals surface area (Å²) < 4.78 is 0. The molecule has 9 nitrogen and oxygen atoms in total. The average Bonchev–Trinajstić information content (AvgIpc) is 2.51. The van der Waals surface area contributed by atoms with Gasteiger partial charge in [-0.25, -0.2) is 0 Å². The molecule has 0 atom stereocenters. The predicted molar refractivity (Wildman–Crippen MR) is 84.1 cm³/mol. The van der Waals surface area contributed by atoms with Crippen molar-refractivity contribution in [3.05, 3.63) is 67.2 Å². The van der Waals surface area contributed by atoms with E-state index < -0.39 is 21.2 Å². The minimum Gasteiger partial charge on any atom is -0.506 e. The van der Waals surface area contributed by atoms with Gasteiger partial charge in [0.05, 0.1) is 27.2 Å². The van der Waals surface area contributed by atoms with E-state index in [9.17, 15) is 25.3 Å². The number of aromatic hydroxyl groups is 1. The van der Waals surface area contributed by atoms with Gasteiger partial charge in [-0.15, -0.1) is 0 Å². The van der Waals surface area contributed by atoms with Crippen molar-refractivity contribution in [2.75, 3.05) is 5.43 Å². The van der Waals surface area contributed by atoms with Crippen molar-refractivity contribution in [2.24, 2.45) is 5.10 Å². The Balaban J connectivity index is 2.26. The molecular weight excluding hydrogens is 328 g/mol. The van der Waals surface area contributed by atoms with E-state index in [2.05, 4.69) is 10.5 Å². The molecular formula is C13H9ClN4O5. The third kappa shape index (κ3) is 3.71. The van der Waals surface area contributed by atoms with Crippen molar-refractivity contribution in [1.82, 2.24) is 0 Å². The second-order valence-electron chi connectivity index (χ2n) is 4.26. The minimum atomic E-state index is -0.762. The quantitative estimate of drug-likeness (QED) is 0.489. The zero-order chi connectivity index (χ0) is 17.0. The number of nitrogens with zero attached hydrogens (tertiary/aromatic N) is 3. The number of halogens is 1. The van der Waals surface area contributed by atoms with Crippen LogP contribution in [0.4, 0.5) is 17.1 Å². The molecule has 0 fully saturated rings. The van der Waals surface area contributed by atoms with Crippen molar-refractivity contribution in [3.8, 4) is 5.75 Å². The first-order chi connectivity index (χ1) is 10.9. The molecule has 0 aliphatic rings. The second kappa shape index (κ2) is 6.71. The Morgan fingerprint density at radius 2 is 1.91 bits per heavy atom. The molecule has 0 aromatic heterocycles. The van der Waals surface area contributed by atoms with Crippen LogP contribution in [0.2, 0.25) is 5.02 Å². The smallest absolute Gasteiger partial charge is 0.301 e. The van der Waals surface area contributed by atoms with Gasteiger partial charge in [0.25, 0.3) is 5.69 Å². The largest absolute Gasteiger partial charge is 0.506 e. The van der Waals surface area contributed by atoms with Gasteiger partial charge in [0.1, 0.15) is 11.4 Å². The van der Waals surface area contributed by atoms with E-state index in [1.165, 1.54) is 24.4 Å². The first-order valence-corrected chi connectivity index (χ1v) is 6.47. The fourth-order valence-corrected chi connectivity index (χ4v) is 1.87. The van der Waals surface area contributed by atoms with Gasteiger partial charge in [0.2, 0.25) is 0 Å². The molecule has 0 heterocycles. The van der Waals surface area contributed by atoms with Crippen LogP contribution in [0.1, 0.15) is 5.56 Å². The monoisotopic (exact) mass is 336 g/mol. The zero-order valence-corrected chi connectivity index (χ0v) is 12.1. The Hall–Kier alpha value is -3.20. The summed E-state index contributed by atoms with van der Waals surface area (Å²) in [4.78, 5) is 20.1. The third-order valence-corrected chi connectivity index (χ3v) is 3.10. The van der Waals surface area contributed by atoms with Crippen molar-refractivity contribution in [1.29, 1.82) is 0 Å². The summed E-state index contributed by atoms with van der Waals surface area (Å²) in [5.74, 6) is -0.182. The first-order valence-electron chi connectivity index (χ1n) is 6.09. The SMILES string of the molecule is O=[N+]([O-])c1ccc(NN=Cc2cccc(Cl)c2O)c([N+](=O)[O-])c1. The van der Waals surface area contributed by atoms with Crippen LogP contribution < -0.4 is 5.43 Å². The van der Waals surface area contributed by atoms with E-state index in [0.717, 1.165) is 12.1 Å². The number of hydrogen-bond donors (Lipinski definition) is 2. The predicted octanol–water partition coefficient (Wildman–Crippen LogP) is 3.31. The first kappa shape index (κ1) is 16.2. The normalized spacial score (nSPS) is 10.7. The maximum absolute atomic E-state index is 11.0. The lowest BCUT2D eigenvalue weighted by Gasteiger charge is -2.03. The van der Waals surface area contributed by atoms with E-state index in [1.54, 1.807) is 6.07 Å². The summed E-state index contributed by atoms with van der Waals surface area (Å²) in [5, 5.41) is 35.2. The molecule has 10 heteroatoms. The average molecular weight is 337 g/mol. The summed E-state index contributed by atoms with van der Waals surface area (Å²) in [6, 6.07) is 7.74. The topological polar surface area (TPSA) is 131 Å². The van der Waals surface area contributed by atoms with Gasteiger partial charge >= 0.3 is 5.69 Å². The molecule has 0 radical (unpaired) electrons. The minimum absolute atomic E-state index is 0.0293. The van der Waals surface area contributed by atoms with Gasteiger partial charge in [-0.3, -0.25) is 25.7 Å². The van der Waals surface area contributed by atoms with Crippen LogP contribution in [0.25, 0.3) is 0 Å². The molecule has 0 amide bonds. The van der Waals surface area contributed by atoms with Gasteiger partial charge in [-0.1, -0.05) is 17.7 Å². The Labute approximate surface area is 134 Å². The van der Waals surface area contributed by atoms with Gasteiger partial charge in [-0.05, 0) is 18.2 Å². The number of non-ortho nitro benzene ring substituents is 1. The molecule has 0 bridgehead atoms. The molecule has 23 heavy (non-hydrogen) atoms. The van der Waals surface area contributed by atoms with Crippen molar-refractivity contribution >= 4 is 34.9 Å². The highest BCUT2D eigenvalue weighted by Gasteiger charge is 2.19. The number of nitrogens with one attached hydrogen (secondary N) is 1. The lowest BCUT2D eigenvalue weighted by molar-refractivity contribution is -0.393. The maximum atomic E-state index is 11.0. The van der Waals surface area contributed by atoms with Gasteiger partial charge < -0.3 is 5.11 Å². The Bertz CT molecular complexity index is 809. The van der Waals surface area contributed by atoms with Crippen LogP contribution in [-0.2, 0) is 0 Å². The number of para-hydroxylation sites is 1. The van der Waals surface area contributed by atoms with E-state index in [1.807, 2.05) is 0 Å². The number of hydrazone groups is 1. The van der Waals surface area contributed by atoms with Gasteiger partial charge in [0.15, 0.2) is 0 Å². The van der Waals surface area contributed by atoms with Crippen LogP contribution in [0.5, 0.6) is 5.75 Å². The van der Waals surface area contributed by atoms with Crippen LogP contribution in [0.3, 0.4) is 0 Å². The molecule has 0 saturated heterocycles. The number of anilines is 1. The summed E-state index contributed by atoms with van der Waals surface area (Å²) >= 11 is 5.74. The Kier molecular flexibility index (Phi) is 4.72.